The van der Waals surface area contributed by atoms with Gasteiger partial charge in [-0.1, -0.05) is 13.8 Å². The minimum Gasteiger partial charge on any atom is -0.311 e. The molecule has 1 rings (SSSR count). The molecule has 3 heteroatoms. The van der Waals surface area contributed by atoms with Crippen molar-refractivity contribution in [1.82, 2.24) is 10.2 Å². The standard InChI is InChI=1S/C13H28N2S/c1-6-11-9-15(10-13(3,4)16-5)12(7-2)8-14-11/h11-12,14H,6-10H2,1-5H3. The zero-order chi connectivity index (χ0) is 12.2. The monoisotopic (exact) mass is 244 g/mol. The van der Waals surface area contributed by atoms with E-state index in [1.165, 1.54) is 32.5 Å². The molecule has 1 heterocycles. The van der Waals surface area contributed by atoms with E-state index in [0.29, 0.717) is 10.8 Å². The largest absolute Gasteiger partial charge is 0.311 e. The van der Waals surface area contributed by atoms with Gasteiger partial charge < -0.3 is 5.32 Å². The van der Waals surface area contributed by atoms with E-state index in [2.05, 4.69) is 44.2 Å². The highest BCUT2D eigenvalue weighted by atomic mass is 32.2. The van der Waals surface area contributed by atoms with Crippen LogP contribution in [0.4, 0.5) is 0 Å². The number of nitrogens with zero attached hydrogens (tertiary/aromatic N) is 1. The molecule has 2 nitrogen and oxygen atoms in total. The molecule has 2 unspecified atom stereocenters. The molecule has 0 saturated carbocycles. The Labute approximate surface area is 106 Å². The summed E-state index contributed by atoms with van der Waals surface area (Å²) in [6, 6.07) is 1.43. The van der Waals surface area contributed by atoms with Crippen molar-refractivity contribution < 1.29 is 0 Å². The fourth-order valence-corrected chi connectivity index (χ4v) is 2.65. The van der Waals surface area contributed by atoms with Crippen molar-refractivity contribution in [3.05, 3.63) is 0 Å². The second kappa shape index (κ2) is 6.27. The van der Waals surface area contributed by atoms with Gasteiger partial charge in [-0.05, 0) is 32.9 Å². The molecule has 1 aliphatic heterocycles. The van der Waals surface area contributed by atoms with Crippen LogP contribution < -0.4 is 5.32 Å². The molecule has 1 aliphatic rings. The van der Waals surface area contributed by atoms with Crippen LogP contribution in [0.1, 0.15) is 40.5 Å². The van der Waals surface area contributed by atoms with Crippen LogP contribution in [0.15, 0.2) is 0 Å². The Hall–Kier alpha value is 0.270. The van der Waals surface area contributed by atoms with E-state index >= 15 is 0 Å². The van der Waals surface area contributed by atoms with E-state index in [0.717, 1.165) is 6.04 Å². The molecule has 0 aliphatic carbocycles. The Bertz CT molecular complexity index is 206. The summed E-state index contributed by atoms with van der Waals surface area (Å²) in [5, 5.41) is 3.66. The summed E-state index contributed by atoms with van der Waals surface area (Å²) in [6.45, 7) is 12.9. The van der Waals surface area contributed by atoms with Crippen LogP contribution in [-0.2, 0) is 0 Å². The van der Waals surface area contributed by atoms with E-state index in [-0.39, 0.29) is 0 Å². The van der Waals surface area contributed by atoms with E-state index in [1.54, 1.807) is 0 Å². The lowest BCUT2D eigenvalue weighted by Crippen LogP contribution is -2.58. The maximum absolute atomic E-state index is 3.66. The molecular weight excluding hydrogens is 216 g/mol. The molecule has 2 atom stereocenters. The average molecular weight is 244 g/mol. The average Bonchev–Trinajstić information content (AvgIpc) is 2.28. The van der Waals surface area contributed by atoms with Gasteiger partial charge in [0.05, 0.1) is 0 Å². The van der Waals surface area contributed by atoms with Crippen molar-refractivity contribution in [1.29, 1.82) is 0 Å². The molecule has 0 aromatic rings. The van der Waals surface area contributed by atoms with Gasteiger partial charge in [0.25, 0.3) is 0 Å². The molecule has 0 amide bonds. The van der Waals surface area contributed by atoms with Gasteiger partial charge in [-0.3, -0.25) is 4.90 Å². The first-order valence-electron chi connectivity index (χ1n) is 6.55. The lowest BCUT2D eigenvalue weighted by atomic mass is 10.0. The summed E-state index contributed by atoms with van der Waals surface area (Å²) in [7, 11) is 0. The lowest BCUT2D eigenvalue weighted by molar-refractivity contribution is 0.117. The Morgan fingerprint density at radius 1 is 1.31 bits per heavy atom. The summed E-state index contributed by atoms with van der Waals surface area (Å²) in [5.41, 5.74) is 0. The van der Waals surface area contributed by atoms with Crippen LogP contribution in [0, 0.1) is 0 Å². The third kappa shape index (κ3) is 3.94. The van der Waals surface area contributed by atoms with Crippen molar-refractivity contribution in [2.45, 2.75) is 57.4 Å². The summed E-state index contributed by atoms with van der Waals surface area (Å²) < 4.78 is 0.378. The molecule has 0 radical (unpaired) electrons. The Balaban J connectivity index is 2.58. The summed E-state index contributed by atoms with van der Waals surface area (Å²) >= 11 is 1.98. The molecule has 0 aromatic carbocycles. The van der Waals surface area contributed by atoms with Crippen molar-refractivity contribution >= 4 is 11.8 Å². The number of hydrogen-bond donors (Lipinski definition) is 1. The highest BCUT2D eigenvalue weighted by molar-refractivity contribution is 7.99. The number of hydrogen-bond acceptors (Lipinski definition) is 3. The zero-order valence-electron chi connectivity index (χ0n) is 11.5. The van der Waals surface area contributed by atoms with Crippen LogP contribution >= 0.6 is 11.8 Å². The number of nitrogens with one attached hydrogen (secondary N) is 1. The predicted molar refractivity (Wildman–Crippen MR) is 75.3 cm³/mol. The highest BCUT2D eigenvalue weighted by Crippen LogP contribution is 2.25. The van der Waals surface area contributed by atoms with Crippen LogP contribution in [0.2, 0.25) is 0 Å². The van der Waals surface area contributed by atoms with Gasteiger partial charge in [0.2, 0.25) is 0 Å². The fraction of sp³-hybridized carbons (Fsp3) is 1.00. The zero-order valence-corrected chi connectivity index (χ0v) is 12.4. The summed E-state index contributed by atoms with van der Waals surface area (Å²) in [4.78, 5) is 2.70. The molecule has 0 spiro atoms. The van der Waals surface area contributed by atoms with E-state index < -0.39 is 0 Å². The minimum absolute atomic E-state index is 0.378. The molecule has 0 bridgehead atoms. The molecular formula is C13H28N2S. The quantitative estimate of drug-likeness (QED) is 0.800. The smallest absolute Gasteiger partial charge is 0.0228 e. The Kier molecular flexibility index (Phi) is 5.62. The molecule has 1 N–H and O–H groups in total. The van der Waals surface area contributed by atoms with Crippen LogP contribution in [0.3, 0.4) is 0 Å². The fourth-order valence-electron chi connectivity index (χ4n) is 2.35. The van der Waals surface area contributed by atoms with Gasteiger partial charge in [-0.25, -0.2) is 0 Å². The van der Waals surface area contributed by atoms with Crippen molar-refractivity contribution in [3.8, 4) is 0 Å². The van der Waals surface area contributed by atoms with Crippen molar-refractivity contribution in [2.24, 2.45) is 0 Å². The Morgan fingerprint density at radius 3 is 2.50 bits per heavy atom. The molecule has 16 heavy (non-hydrogen) atoms. The number of thioether (sulfide) groups is 1. The number of rotatable bonds is 5. The normalized spacial score (nSPS) is 28.3. The molecule has 1 fully saturated rings. The van der Waals surface area contributed by atoms with Crippen molar-refractivity contribution in [3.63, 3.8) is 0 Å². The summed E-state index contributed by atoms with van der Waals surface area (Å²) in [5.74, 6) is 0. The van der Waals surface area contributed by atoms with Gasteiger partial charge in [0.1, 0.15) is 0 Å². The first-order chi connectivity index (χ1) is 7.52. The first-order valence-corrected chi connectivity index (χ1v) is 7.77. The van der Waals surface area contributed by atoms with Gasteiger partial charge >= 0.3 is 0 Å². The van der Waals surface area contributed by atoms with Crippen molar-refractivity contribution in [2.75, 3.05) is 25.9 Å². The third-order valence-electron chi connectivity index (χ3n) is 3.71. The maximum atomic E-state index is 3.66. The predicted octanol–water partition coefficient (Wildman–Crippen LogP) is 2.59. The van der Waals surface area contributed by atoms with Gasteiger partial charge in [-0.2, -0.15) is 11.8 Å². The molecule has 0 aromatic heterocycles. The van der Waals surface area contributed by atoms with E-state index in [4.69, 9.17) is 0 Å². The van der Waals surface area contributed by atoms with Gasteiger partial charge in [0.15, 0.2) is 0 Å². The first kappa shape index (κ1) is 14.3. The SMILES string of the molecule is CCC1CN(CC(C)(C)SC)C(CC)CN1. The summed E-state index contributed by atoms with van der Waals surface area (Å²) in [6.07, 6.45) is 4.72. The number of piperazine rings is 1. The molecule has 1 saturated heterocycles. The topological polar surface area (TPSA) is 15.3 Å². The second-order valence-corrected chi connectivity index (χ2v) is 6.98. The maximum Gasteiger partial charge on any atom is 0.0228 e. The lowest BCUT2D eigenvalue weighted by Gasteiger charge is -2.43. The van der Waals surface area contributed by atoms with Gasteiger partial charge in [0, 0.05) is 36.5 Å². The minimum atomic E-state index is 0.378. The second-order valence-electron chi connectivity index (χ2n) is 5.47. The van der Waals surface area contributed by atoms with Crippen LogP contribution in [0.25, 0.3) is 0 Å². The highest BCUT2D eigenvalue weighted by Gasteiger charge is 2.30. The molecule has 96 valence electrons. The van der Waals surface area contributed by atoms with Gasteiger partial charge in [-0.15, -0.1) is 0 Å². The van der Waals surface area contributed by atoms with Crippen LogP contribution in [0.5, 0.6) is 0 Å². The third-order valence-corrected chi connectivity index (χ3v) is 4.95. The Morgan fingerprint density at radius 2 is 2.00 bits per heavy atom. The van der Waals surface area contributed by atoms with Crippen LogP contribution in [-0.4, -0.2) is 47.6 Å². The van der Waals surface area contributed by atoms with E-state index in [9.17, 15) is 0 Å². The van der Waals surface area contributed by atoms with E-state index in [1.807, 2.05) is 11.8 Å².